The van der Waals surface area contributed by atoms with Crippen molar-refractivity contribution in [1.82, 2.24) is 5.32 Å². The number of rotatable bonds is 5. The Morgan fingerprint density at radius 3 is 2.28 bits per heavy atom. The number of hydrogen-bond donors (Lipinski definition) is 2. The summed E-state index contributed by atoms with van der Waals surface area (Å²) < 4.78 is 0. The molecule has 1 saturated carbocycles. The van der Waals surface area contributed by atoms with Crippen molar-refractivity contribution >= 4 is 29.1 Å². The molecule has 1 aliphatic heterocycles. The molecule has 7 nitrogen and oxygen atoms in total. The first-order valence-corrected chi connectivity index (χ1v) is 14.2. The molecule has 7 heteroatoms. The number of amides is 3. The molecular formula is C32H46N4O3. The Hall–Kier alpha value is -3.40. The van der Waals surface area contributed by atoms with E-state index in [1.165, 1.54) is 12.8 Å². The number of primary amides is 1. The summed E-state index contributed by atoms with van der Waals surface area (Å²) in [7, 11) is 1.72. The second-order valence-corrected chi connectivity index (χ2v) is 11.4. The summed E-state index contributed by atoms with van der Waals surface area (Å²) in [5.74, 6) is -0.0315. The monoisotopic (exact) mass is 534 g/mol. The lowest BCUT2D eigenvalue weighted by molar-refractivity contribution is -0.135. The number of anilines is 1. The maximum atomic E-state index is 13.3. The fourth-order valence-electron chi connectivity index (χ4n) is 5.39. The minimum atomic E-state index is -1.02. The minimum absolute atomic E-state index is 0.0403. The number of allylic oxidation sites excluding steroid dienone is 2. The summed E-state index contributed by atoms with van der Waals surface area (Å²) in [6, 6.07) is 7.83. The molecule has 4 rings (SSSR count). The molecule has 0 aromatic heterocycles. The third kappa shape index (κ3) is 8.54. The Kier molecular flexibility index (Phi) is 12.4. The molecule has 0 spiro atoms. The van der Waals surface area contributed by atoms with E-state index >= 15 is 0 Å². The van der Waals surface area contributed by atoms with E-state index in [4.69, 9.17) is 10.7 Å². The van der Waals surface area contributed by atoms with Crippen molar-refractivity contribution < 1.29 is 14.4 Å². The maximum Gasteiger partial charge on any atom is 0.272 e. The van der Waals surface area contributed by atoms with Gasteiger partial charge in [-0.15, -0.1) is 12.8 Å². The number of benzodiazepines with no additional fused rings is 1. The number of nitrogens with zero attached hydrogens (tertiary/aromatic N) is 2. The van der Waals surface area contributed by atoms with Crippen molar-refractivity contribution in [3.63, 3.8) is 0 Å². The number of carbonyl (C=O) groups excluding carboxylic acids is 3. The number of fused-ring (bicyclic) bond motifs is 1. The number of nitrogens with one attached hydrogen (secondary N) is 1. The zero-order valence-electron chi connectivity index (χ0n) is 24.1. The number of terminal acetylenes is 1. The Morgan fingerprint density at radius 1 is 1.10 bits per heavy atom. The average Bonchev–Trinajstić information content (AvgIpc) is 3.25. The van der Waals surface area contributed by atoms with Crippen LogP contribution in [0.2, 0.25) is 0 Å². The van der Waals surface area contributed by atoms with Gasteiger partial charge in [0.2, 0.25) is 18.0 Å². The van der Waals surface area contributed by atoms with E-state index in [1.807, 2.05) is 36.4 Å². The van der Waals surface area contributed by atoms with Crippen LogP contribution in [0.1, 0.15) is 90.5 Å². The van der Waals surface area contributed by atoms with Crippen LogP contribution in [0, 0.1) is 30.1 Å². The summed E-state index contributed by atoms with van der Waals surface area (Å²) in [4.78, 5) is 45.1. The summed E-state index contributed by atoms with van der Waals surface area (Å²) in [6.45, 7) is 6.50. The molecule has 0 bridgehead atoms. The number of carbonyl (C=O) groups is 3. The van der Waals surface area contributed by atoms with Crippen molar-refractivity contribution in [2.45, 2.75) is 91.1 Å². The first-order valence-electron chi connectivity index (χ1n) is 14.2. The van der Waals surface area contributed by atoms with Gasteiger partial charge >= 0.3 is 0 Å². The van der Waals surface area contributed by atoms with Crippen LogP contribution in [0.15, 0.2) is 41.4 Å². The van der Waals surface area contributed by atoms with Crippen LogP contribution in [0.3, 0.4) is 0 Å². The zero-order valence-corrected chi connectivity index (χ0v) is 24.1. The molecule has 0 saturated heterocycles. The standard InChI is InChI=1S/C26H34N4O3.C4H10.C2H2/c1-30-20-14-8-7-13-19(20)22(18-11-5-2-3-6-12-18)29-23(24(30)32)28-21(31)17-26(25(27)33)15-9-4-10-16-26;1-4(2)3;1-2/h4,7-9,13-14,18,23H,2-3,5-6,10-12,15-17H2,1H3,(H2,27,33)(H,28,31);4H,1-3H3;1-2H. The largest absolute Gasteiger partial charge is 0.369 e. The van der Waals surface area contributed by atoms with Gasteiger partial charge in [-0.25, -0.2) is 0 Å². The first kappa shape index (κ1) is 31.8. The third-order valence-corrected chi connectivity index (χ3v) is 7.40. The van der Waals surface area contributed by atoms with E-state index in [0.29, 0.717) is 19.3 Å². The third-order valence-electron chi connectivity index (χ3n) is 7.40. The molecule has 3 aliphatic rings. The van der Waals surface area contributed by atoms with Gasteiger partial charge in [-0.2, -0.15) is 0 Å². The quantitative estimate of drug-likeness (QED) is 0.301. The summed E-state index contributed by atoms with van der Waals surface area (Å²) in [5.41, 5.74) is 7.46. The molecule has 1 aromatic carbocycles. The second-order valence-electron chi connectivity index (χ2n) is 11.4. The molecule has 1 fully saturated rings. The normalized spacial score (nSPS) is 23.1. The van der Waals surface area contributed by atoms with Crippen LogP contribution in [-0.2, 0) is 14.4 Å². The maximum absolute atomic E-state index is 13.3. The van der Waals surface area contributed by atoms with Gasteiger partial charge in [0.25, 0.3) is 5.91 Å². The highest BCUT2D eigenvalue weighted by Crippen LogP contribution is 2.36. The van der Waals surface area contributed by atoms with Gasteiger partial charge in [-0.1, -0.05) is 76.8 Å². The van der Waals surface area contributed by atoms with E-state index in [1.54, 1.807) is 11.9 Å². The number of aliphatic imine (C=N–C) groups is 1. The van der Waals surface area contributed by atoms with Gasteiger partial charge < -0.3 is 16.0 Å². The summed E-state index contributed by atoms with van der Waals surface area (Å²) in [6.07, 6.45) is 19.3. The fourth-order valence-corrected chi connectivity index (χ4v) is 5.39. The first-order chi connectivity index (χ1) is 18.6. The second kappa shape index (κ2) is 15.3. The lowest BCUT2D eigenvalue weighted by atomic mass is 9.73. The highest BCUT2D eigenvalue weighted by Gasteiger charge is 2.40. The highest BCUT2D eigenvalue weighted by atomic mass is 16.2. The smallest absolute Gasteiger partial charge is 0.272 e. The predicted octanol–water partition coefficient (Wildman–Crippen LogP) is 5.38. The van der Waals surface area contributed by atoms with Crippen molar-refractivity contribution in [3.05, 3.63) is 42.0 Å². The highest BCUT2D eigenvalue weighted by molar-refractivity contribution is 6.14. The van der Waals surface area contributed by atoms with E-state index in [2.05, 4.69) is 38.9 Å². The van der Waals surface area contributed by atoms with E-state index in [-0.39, 0.29) is 24.2 Å². The Morgan fingerprint density at radius 2 is 1.72 bits per heavy atom. The van der Waals surface area contributed by atoms with Crippen LogP contribution >= 0.6 is 0 Å². The average molecular weight is 535 g/mol. The van der Waals surface area contributed by atoms with Gasteiger partial charge in [0, 0.05) is 24.9 Å². The van der Waals surface area contributed by atoms with Crippen LogP contribution < -0.4 is 16.0 Å². The predicted molar refractivity (Wildman–Crippen MR) is 159 cm³/mol. The lowest BCUT2D eigenvalue weighted by Crippen LogP contribution is -2.49. The van der Waals surface area contributed by atoms with Crippen LogP contribution in [0.25, 0.3) is 0 Å². The number of likely N-dealkylation sites (N-methyl/N-ethyl adjacent to an activating group) is 1. The van der Waals surface area contributed by atoms with Gasteiger partial charge in [0.05, 0.1) is 16.8 Å². The number of para-hydroxylation sites is 1. The Labute approximate surface area is 234 Å². The molecule has 3 N–H and O–H groups in total. The number of nitrogens with two attached hydrogens (primary N) is 1. The van der Waals surface area contributed by atoms with Gasteiger partial charge in [0.15, 0.2) is 0 Å². The van der Waals surface area contributed by atoms with Crippen LogP contribution in [0.4, 0.5) is 5.69 Å². The molecule has 3 amide bonds. The molecule has 1 heterocycles. The van der Waals surface area contributed by atoms with Crippen molar-refractivity contribution in [2.75, 3.05) is 11.9 Å². The van der Waals surface area contributed by atoms with Gasteiger partial charge in [0.1, 0.15) is 0 Å². The summed E-state index contributed by atoms with van der Waals surface area (Å²) >= 11 is 0. The minimum Gasteiger partial charge on any atom is -0.369 e. The SMILES string of the molecule is C#C.CC(C)C.CN1C(=O)C(NC(=O)CC2(C(N)=O)CC=CCC2)N=C(C2CCCCCC2)c2ccccc21. The van der Waals surface area contributed by atoms with Crippen LogP contribution in [0.5, 0.6) is 0 Å². The van der Waals surface area contributed by atoms with Crippen molar-refractivity contribution in [2.24, 2.45) is 28.0 Å². The number of hydrogen-bond acceptors (Lipinski definition) is 4. The number of benzene rings is 1. The molecule has 39 heavy (non-hydrogen) atoms. The molecule has 0 radical (unpaired) electrons. The van der Waals surface area contributed by atoms with Crippen molar-refractivity contribution in [1.29, 1.82) is 0 Å². The molecule has 1 aromatic rings. The molecule has 212 valence electrons. The van der Waals surface area contributed by atoms with E-state index in [9.17, 15) is 14.4 Å². The van der Waals surface area contributed by atoms with E-state index < -0.39 is 17.5 Å². The summed E-state index contributed by atoms with van der Waals surface area (Å²) in [5, 5.41) is 2.84. The Balaban J connectivity index is 0.000000815. The fraction of sp³-hybridized carbons (Fsp3) is 0.562. The lowest BCUT2D eigenvalue weighted by Gasteiger charge is -2.31. The van der Waals surface area contributed by atoms with Crippen LogP contribution in [-0.4, -0.2) is 36.6 Å². The molecule has 2 aliphatic carbocycles. The Bertz CT molecular complexity index is 1060. The zero-order chi connectivity index (χ0) is 29.0. The molecule has 2 atom stereocenters. The molecular weight excluding hydrogens is 488 g/mol. The van der Waals surface area contributed by atoms with Crippen molar-refractivity contribution in [3.8, 4) is 12.8 Å². The van der Waals surface area contributed by atoms with E-state index in [0.717, 1.165) is 48.6 Å². The van der Waals surface area contributed by atoms with Gasteiger partial charge in [-0.3, -0.25) is 19.4 Å². The molecule has 2 unspecified atom stereocenters. The topological polar surface area (TPSA) is 105 Å². The van der Waals surface area contributed by atoms with Gasteiger partial charge in [-0.05, 0) is 44.1 Å².